The van der Waals surface area contributed by atoms with Crippen molar-refractivity contribution in [1.29, 1.82) is 0 Å². The van der Waals surface area contributed by atoms with E-state index >= 15 is 0 Å². The minimum atomic E-state index is -0.0161. The van der Waals surface area contributed by atoms with Gasteiger partial charge < -0.3 is 5.32 Å². The van der Waals surface area contributed by atoms with Crippen molar-refractivity contribution in [3.8, 4) is 0 Å². The van der Waals surface area contributed by atoms with E-state index in [1.54, 1.807) is 16.7 Å². The zero-order chi connectivity index (χ0) is 13.1. The third-order valence-electron chi connectivity index (χ3n) is 3.33. The lowest BCUT2D eigenvalue weighted by molar-refractivity contribution is 0.637. The number of hydrogen-bond donors (Lipinski definition) is 1. The predicted octanol–water partition coefficient (Wildman–Crippen LogP) is 1.68. The standard InChI is InChI=1S/C14H17N3OS/c18-14-8-11(9-15-10-12-4-3-7-19-12)16-13-5-1-2-6-17(13)14/h1-2,5-6,8,12,15H,3-4,7,9-10H2. The second-order valence-electron chi connectivity index (χ2n) is 4.78. The summed E-state index contributed by atoms with van der Waals surface area (Å²) in [5.41, 5.74) is 1.51. The van der Waals surface area contributed by atoms with Gasteiger partial charge in [0.2, 0.25) is 0 Å². The van der Waals surface area contributed by atoms with Crippen molar-refractivity contribution in [2.75, 3.05) is 12.3 Å². The lowest BCUT2D eigenvalue weighted by Gasteiger charge is -2.10. The third-order valence-corrected chi connectivity index (χ3v) is 4.72. The first-order chi connectivity index (χ1) is 9.33. The van der Waals surface area contributed by atoms with E-state index in [2.05, 4.69) is 10.3 Å². The number of rotatable bonds is 4. The molecular weight excluding hydrogens is 258 g/mol. The number of nitrogens with zero attached hydrogens (tertiary/aromatic N) is 2. The lowest BCUT2D eigenvalue weighted by Crippen LogP contribution is -2.25. The first-order valence-electron chi connectivity index (χ1n) is 6.62. The summed E-state index contributed by atoms with van der Waals surface area (Å²) in [6.45, 7) is 1.66. The molecule has 0 aromatic carbocycles. The molecule has 3 rings (SSSR count). The average Bonchev–Trinajstić information content (AvgIpc) is 2.92. The van der Waals surface area contributed by atoms with Crippen molar-refractivity contribution in [2.24, 2.45) is 0 Å². The minimum absolute atomic E-state index is 0.0161. The molecule has 0 bridgehead atoms. The van der Waals surface area contributed by atoms with Crippen LogP contribution in [-0.4, -0.2) is 26.9 Å². The molecule has 1 aliphatic rings. The monoisotopic (exact) mass is 275 g/mol. The van der Waals surface area contributed by atoms with Crippen LogP contribution in [0, 0.1) is 0 Å². The molecule has 1 aliphatic heterocycles. The van der Waals surface area contributed by atoms with Gasteiger partial charge in [-0.05, 0) is 30.7 Å². The molecule has 4 nitrogen and oxygen atoms in total. The Morgan fingerprint density at radius 1 is 1.47 bits per heavy atom. The van der Waals surface area contributed by atoms with Gasteiger partial charge in [0.1, 0.15) is 5.65 Å². The summed E-state index contributed by atoms with van der Waals surface area (Å²) in [7, 11) is 0. The van der Waals surface area contributed by atoms with Crippen molar-refractivity contribution in [2.45, 2.75) is 24.6 Å². The molecule has 1 atom stereocenters. The van der Waals surface area contributed by atoms with Crippen LogP contribution in [0.1, 0.15) is 18.5 Å². The van der Waals surface area contributed by atoms with Gasteiger partial charge >= 0.3 is 0 Å². The quantitative estimate of drug-likeness (QED) is 0.922. The smallest absolute Gasteiger partial charge is 0.258 e. The van der Waals surface area contributed by atoms with E-state index in [0.29, 0.717) is 12.2 Å². The summed E-state index contributed by atoms with van der Waals surface area (Å²) in [6, 6.07) is 7.21. The van der Waals surface area contributed by atoms with Crippen LogP contribution in [0.4, 0.5) is 0 Å². The van der Waals surface area contributed by atoms with E-state index in [1.165, 1.54) is 18.6 Å². The van der Waals surface area contributed by atoms with Crippen LogP contribution in [-0.2, 0) is 6.54 Å². The lowest BCUT2D eigenvalue weighted by atomic mass is 10.2. The van der Waals surface area contributed by atoms with Crippen LogP contribution < -0.4 is 10.9 Å². The summed E-state index contributed by atoms with van der Waals surface area (Å²) in [5, 5.41) is 4.13. The number of aromatic nitrogens is 2. The fraction of sp³-hybridized carbons (Fsp3) is 0.429. The number of thioether (sulfide) groups is 1. The van der Waals surface area contributed by atoms with Gasteiger partial charge in [-0.25, -0.2) is 4.98 Å². The van der Waals surface area contributed by atoms with E-state index in [-0.39, 0.29) is 5.56 Å². The van der Waals surface area contributed by atoms with Crippen LogP contribution in [0.2, 0.25) is 0 Å². The molecule has 1 N–H and O–H groups in total. The summed E-state index contributed by atoms with van der Waals surface area (Å²) < 4.78 is 1.57. The van der Waals surface area contributed by atoms with Gasteiger partial charge in [-0.1, -0.05) is 6.07 Å². The Labute approximate surface area is 116 Å². The molecule has 0 aliphatic carbocycles. The van der Waals surface area contributed by atoms with E-state index in [1.807, 2.05) is 30.0 Å². The molecule has 3 heterocycles. The van der Waals surface area contributed by atoms with Crippen LogP contribution >= 0.6 is 11.8 Å². The highest BCUT2D eigenvalue weighted by Crippen LogP contribution is 2.25. The number of nitrogens with one attached hydrogen (secondary N) is 1. The van der Waals surface area contributed by atoms with Crippen LogP contribution in [0.5, 0.6) is 0 Å². The molecule has 2 aromatic heterocycles. The largest absolute Gasteiger partial charge is 0.310 e. The van der Waals surface area contributed by atoms with Gasteiger partial charge in [0, 0.05) is 30.6 Å². The van der Waals surface area contributed by atoms with Crippen molar-refractivity contribution in [3.05, 3.63) is 46.5 Å². The fourth-order valence-corrected chi connectivity index (χ4v) is 3.60. The summed E-state index contributed by atoms with van der Waals surface area (Å²) in [4.78, 5) is 16.4. The van der Waals surface area contributed by atoms with Crippen molar-refractivity contribution < 1.29 is 0 Å². The molecule has 2 aromatic rings. The Balaban J connectivity index is 1.69. The van der Waals surface area contributed by atoms with Gasteiger partial charge in [-0.15, -0.1) is 0 Å². The first-order valence-corrected chi connectivity index (χ1v) is 7.67. The Morgan fingerprint density at radius 2 is 2.42 bits per heavy atom. The molecule has 1 fully saturated rings. The second-order valence-corrected chi connectivity index (χ2v) is 6.19. The highest BCUT2D eigenvalue weighted by molar-refractivity contribution is 8.00. The molecule has 1 unspecified atom stereocenters. The number of fused-ring (bicyclic) bond motifs is 1. The van der Waals surface area contributed by atoms with Crippen molar-refractivity contribution in [3.63, 3.8) is 0 Å². The Morgan fingerprint density at radius 3 is 3.26 bits per heavy atom. The van der Waals surface area contributed by atoms with Crippen molar-refractivity contribution in [1.82, 2.24) is 14.7 Å². The number of pyridine rings is 1. The first kappa shape index (κ1) is 12.7. The summed E-state index contributed by atoms with van der Waals surface area (Å²) >= 11 is 2.03. The predicted molar refractivity (Wildman–Crippen MR) is 78.6 cm³/mol. The van der Waals surface area contributed by atoms with Crippen molar-refractivity contribution >= 4 is 17.4 Å². The molecule has 0 amide bonds. The maximum absolute atomic E-state index is 11.9. The Hall–Kier alpha value is -1.33. The van der Waals surface area contributed by atoms with E-state index in [9.17, 15) is 4.79 Å². The highest BCUT2D eigenvalue weighted by atomic mass is 32.2. The topological polar surface area (TPSA) is 46.4 Å². The molecule has 0 radical (unpaired) electrons. The van der Waals surface area contributed by atoms with Crippen LogP contribution in [0.3, 0.4) is 0 Å². The zero-order valence-electron chi connectivity index (χ0n) is 10.7. The highest BCUT2D eigenvalue weighted by Gasteiger charge is 2.14. The summed E-state index contributed by atoms with van der Waals surface area (Å²) in [6.07, 6.45) is 4.37. The molecule has 0 spiro atoms. The van der Waals surface area contributed by atoms with Crippen LogP contribution in [0.25, 0.3) is 5.65 Å². The maximum atomic E-state index is 11.9. The Kier molecular flexibility index (Phi) is 3.84. The minimum Gasteiger partial charge on any atom is -0.310 e. The molecule has 1 saturated heterocycles. The zero-order valence-corrected chi connectivity index (χ0v) is 11.5. The third kappa shape index (κ3) is 2.98. The fourth-order valence-electron chi connectivity index (χ4n) is 2.36. The molecule has 5 heteroatoms. The van der Waals surface area contributed by atoms with Gasteiger partial charge in [0.05, 0.1) is 5.69 Å². The van der Waals surface area contributed by atoms with E-state index in [0.717, 1.165) is 17.5 Å². The molecular formula is C14H17N3OS. The number of hydrogen-bond acceptors (Lipinski definition) is 4. The average molecular weight is 275 g/mol. The van der Waals surface area contributed by atoms with Gasteiger partial charge in [0.15, 0.2) is 0 Å². The normalized spacial score (nSPS) is 19.1. The van der Waals surface area contributed by atoms with E-state index in [4.69, 9.17) is 0 Å². The summed E-state index contributed by atoms with van der Waals surface area (Å²) in [5.74, 6) is 1.28. The van der Waals surface area contributed by atoms with Gasteiger partial charge in [-0.2, -0.15) is 11.8 Å². The SMILES string of the molecule is O=c1cc(CNCC2CCCS2)nc2ccccn12. The van der Waals surface area contributed by atoms with E-state index < -0.39 is 0 Å². The molecule has 100 valence electrons. The Bertz CT molecular complexity index is 619. The molecule has 0 saturated carbocycles. The second kappa shape index (κ2) is 5.75. The van der Waals surface area contributed by atoms with Crippen LogP contribution in [0.15, 0.2) is 35.3 Å². The maximum Gasteiger partial charge on any atom is 0.258 e. The molecule has 19 heavy (non-hydrogen) atoms. The van der Waals surface area contributed by atoms with Gasteiger partial charge in [-0.3, -0.25) is 9.20 Å². The van der Waals surface area contributed by atoms with Gasteiger partial charge in [0.25, 0.3) is 5.56 Å².